The van der Waals surface area contributed by atoms with Gasteiger partial charge < -0.3 is 10.6 Å². The molecule has 0 bridgehead atoms. The molecule has 0 aliphatic carbocycles. The SMILES string of the molecule is CC(=O)Nc1cccc(C(=O)NCC2CCCN(Cc3cccs3)C2)c1. The summed E-state index contributed by atoms with van der Waals surface area (Å²) in [6.07, 6.45) is 2.32. The molecule has 2 aromatic rings. The van der Waals surface area contributed by atoms with Gasteiger partial charge in [-0.3, -0.25) is 14.5 Å². The van der Waals surface area contributed by atoms with Crippen LogP contribution in [0.4, 0.5) is 5.69 Å². The Morgan fingerprint density at radius 2 is 2.15 bits per heavy atom. The molecule has 2 heterocycles. The van der Waals surface area contributed by atoms with Gasteiger partial charge in [0, 0.05) is 42.7 Å². The van der Waals surface area contributed by atoms with E-state index >= 15 is 0 Å². The summed E-state index contributed by atoms with van der Waals surface area (Å²) in [5, 5.41) is 7.88. The van der Waals surface area contributed by atoms with E-state index in [2.05, 4.69) is 33.0 Å². The first-order chi connectivity index (χ1) is 12.6. The summed E-state index contributed by atoms with van der Waals surface area (Å²) in [6.45, 7) is 5.29. The van der Waals surface area contributed by atoms with Crippen molar-refractivity contribution in [2.75, 3.05) is 25.0 Å². The van der Waals surface area contributed by atoms with Gasteiger partial charge in [0.1, 0.15) is 0 Å². The summed E-state index contributed by atoms with van der Waals surface area (Å²) in [5.41, 5.74) is 1.22. The van der Waals surface area contributed by atoms with Gasteiger partial charge in [-0.25, -0.2) is 0 Å². The Kier molecular flexibility index (Phi) is 6.41. The molecule has 3 rings (SSSR count). The van der Waals surface area contributed by atoms with Crippen LogP contribution in [0.15, 0.2) is 41.8 Å². The molecule has 1 unspecified atom stereocenters. The lowest BCUT2D eigenvalue weighted by atomic mass is 9.97. The van der Waals surface area contributed by atoms with E-state index in [1.54, 1.807) is 35.6 Å². The third-order valence-electron chi connectivity index (χ3n) is 4.56. The number of piperidine rings is 1. The number of carbonyl (C=O) groups excluding carboxylic acids is 2. The average Bonchev–Trinajstić information content (AvgIpc) is 3.12. The molecule has 138 valence electrons. The van der Waals surface area contributed by atoms with Crippen molar-refractivity contribution >= 4 is 28.8 Å². The summed E-state index contributed by atoms with van der Waals surface area (Å²) < 4.78 is 0. The average molecular weight is 372 g/mol. The van der Waals surface area contributed by atoms with Crippen LogP contribution in [0.25, 0.3) is 0 Å². The molecule has 1 fully saturated rings. The Morgan fingerprint density at radius 3 is 2.92 bits per heavy atom. The summed E-state index contributed by atoms with van der Waals surface area (Å²) in [7, 11) is 0. The number of thiophene rings is 1. The van der Waals surface area contributed by atoms with Crippen LogP contribution in [0.2, 0.25) is 0 Å². The molecule has 1 aromatic heterocycles. The van der Waals surface area contributed by atoms with Gasteiger partial charge in [0.05, 0.1) is 0 Å². The van der Waals surface area contributed by atoms with E-state index in [1.807, 2.05) is 0 Å². The van der Waals surface area contributed by atoms with Crippen LogP contribution in [0.3, 0.4) is 0 Å². The minimum Gasteiger partial charge on any atom is -0.352 e. The van der Waals surface area contributed by atoms with Gasteiger partial charge in [-0.2, -0.15) is 0 Å². The molecular formula is C20H25N3O2S. The van der Waals surface area contributed by atoms with Crippen LogP contribution >= 0.6 is 11.3 Å². The third-order valence-corrected chi connectivity index (χ3v) is 5.42. The van der Waals surface area contributed by atoms with Gasteiger partial charge in [-0.1, -0.05) is 12.1 Å². The fourth-order valence-electron chi connectivity index (χ4n) is 3.36. The molecule has 2 amide bonds. The second-order valence-corrected chi connectivity index (χ2v) is 7.83. The Hall–Kier alpha value is -2.18. The van der Waals surface area contributed by atoms with Crippen molar-refractivity contribution in [3.8, 4) is 0 Å². The first-order valence-electron chi connectivity index (χ1n) is 9.01. The van der Waals surface area contributed by atoms with E-state index in [0.29, 0.717) is 23.7 Å². The highest BCUT2D eigenvalue weighted by atomic mass is 32.1. The molecular weight excluding hydrogens is 346 g/mol. The fraction of sp³-hybridized carbons (Fsp3) is 0.400. The topological polar surface area (TPSA) is 61.4 Å². The molecule has 1 atom stereocenters. The van der Waals surface area contributed by atoms with E-state index in [4.69, 9.17) is 0 Å². The summed E-state index contributed by atoms with van der Waals surface area (Å²) in [6, 6.07) is 11.3. The number of likely N-dealkylation sites (tertiary alicyclic amines) is 1. The van der Waals surface area contributed by atoms with E-state index < -0.39 is 0 Å². The fourth-order valence-corrected chi connectivity index (χ4v) is 4.11. The number of hydrogen-bond acceptors (Lipinski definition) is 4. The number of hydrogen-bond donors (Lipinski definition) is 2. The van der Waals surface area contributed by atoms with Crippen LogP contribution in [0, 0.1) is 5.92 Å². The lowest BCUT2D eigenvalue weighted by Gasteiger charge is -2.32. The smallest absolute Gasteiger partial charge is 0.251 e. The lowest BCUT2D eigenvalue weighted by molar-refractivity contribution is -0.114. The summed E-state index contributed by atoms with van der Waals surface area (Å²) >= 11 is 1.80. The van der Waals surface area contributed by atoms with E-state index in [0.717, 1.165) is 26.1 Å². The maximum atomic E-state index is 12.4. The number of anilines is 1. The molecule has 0 saturated carbocycles. The van der Waals surface area contributed by atoms with E-state index in [-0.39, 0.29) is 11.8 Å². The highest BCUT2D eigenvalue weighted by Gasteiger charge is 2.21. The molecule has 6 heteroatoms. The van der Waals surface area contributed by atoms with Gasteiger partial charge in [0.15, 0.2) is 0 Å². The van der Waals surface area contributed by atoms with Gasteiger partial charge >= 0.3 is 0 Å². The largest absolute Gasteiger partial charge is 0.352 e. The van der Waals surface area contributed by atoms with Gasteiger partial charge in [0.2, 0.25) is 5.91 Å². The van der Waals surface area contributed by atoms with Crippen LogP contribution in [0.1, 0.15) is 35.0 Å². The highest BCUT2D eigenvalue weighted by Crippen LogP contribution is 2.20. The van der Waals surface area contributed by atoms with E-state index in [9.17, 15) is 9.59 Å². The first-order valence-corrected chi connectivity index (χ1v) is 9.88. The number of benzene rings is 1. The second kappa shape index (κ2) is 8.96. The Bertz CT molecular complexity index is 745. The van der Waals surface area contributed by atoms with Crippen molar-refractivity contribution in [3.63, 3.8) is 0 Å². The van der Waals surface area contributed by atoms with Crippen LogP contribution < -0.4 is 10.6 Å². The van der Waals surface area contributed by atoms with Crippen molar-refractivity contribution in [2.45, 2.75) is 26.3 Å². The monoisotopic (exact) mass is 371 g/mol. The molecule has 26 heavy (non-hydrogen) atoms. The predicted octanol–water partition coefficient (Wildman–Crippen LogP) is 3.35. The third kappa shape index (κ3) is 5.41. The molecule has 5 nitrogen and oxygen atoms in total. The molecule has 0 spiro atoms. The molecule has 1 aliphatic rings. The van der Waals surface area contributed by atoms with Crippen LogP contribution in [0.5, 0.6) is 0 Å². The quantitative estimate of drug-likeness (QED) is 0.819. The maximum absolute atomic E-state index is 12.4. The molecule has 2 N–H and O–H groups in total. The highest BCUT2D eigenvalue weighted by molar-refractivity contribution is 7.09. The van der Waals surface area contributed by atoms with Crippen molar-refractivity contribution in [1.82, 2.24) is 10.2 Å². The maximum Gasteiger partial charge on any atom is 0.251 e. The second-order valence-electron chi connectivity index (χ2n) is 6.79. The Labute approximate surface area is 158 Å². The summed E-state index contributed by atoms with van der Waals surface area (Å²) in [5.74, 6) is 0.245. The molecule has 0 radical (unpaired) electrons. The summed E-state index contributed by atoms with van der Waals surface area (Å²) in [4.78, 5) is 27.5. The van der Waals surface area contributed by atoms with Crippen molar-refractivity contribution < 1.29 is 9.59 Å². The first kappa shape index (κ1) is 18.6. The zero-order chi connectivity index (χ0) is 18.4. The van der Waals surface area contributed by atoms with Crippen molar-refractivity contribution in [3.05, 3.63) is 52.2 Å². The minimum absolute atomic E-state index is 0.0902. The van der Waals surface area contributed by atoms with Crippen molar-refractivity contribution in [1.29, 1.82) is 0 Å². The Morgan fingerprint density at radius 1 is 1.27 bits per heavy atom. The van der Waals surface area contributed by atoms with Crippen LogP contribution in [-0.2, 0) is 11.3 Å². The Balaban J connectivity index is 1.50. The van der Waals surface area contributed by atoms with Gasteiger partial charge in [0.25, 0.3) is 5.91 Å². The van der Waals surface area contributed by atoms with Crippen LogP contribution in [-0.4, -0.2) is 36.3 Å². The lowest BCUT2D eigenvalue weighted by Crippen LogP contribution is -2.40. The molecule has 1 aliphatic heterocycles. The molecule has 1 saturated heterocycles. The standard InChI is InChI=1S/C20H25N3O2S/c1-15(24)22-18-7-2-6-17(11-18)20(25)21-12-16-5-3-9-23(13-16)14-19-8-4-10-26-19/h2,4,6-8,10-11,16H,3,5,9,12-14H2,1H3,(H,21,25)(H,22,24). The minimum atomic E-state index is -0.143. The van der Waals surface area contributed by atoms with Gasteiger partial charge in [-0.05, 0) is 54.9 Å². The zero-order valence-electron chi connectivity index (χ0n) is 15.0. The molecule has 1 aromatic carbocycles. The number of nitrogens with zero attached hydrogens (tertiary/aromatic N) is 1. The predicted molar refractivity (Wildman–Crippen MR) is 105 cm³/mol. The normalized spacial score (nSPS) is 17.7. The van der Waals surface area contributed by atoms with E-state index in [1.165, 1.54) is 18.2 Å². The number of rotatable bonds is 6. The number of carbonyl (C=O) groups is 2. The van der Waals surface area contributed by atoms with Crippen molar-refractivity contribution in [2.24, 2.45) is 5.92 Å². The zero-order valence-corrected chi connectivity index (χ0v) is 15.8. The van der Waals surface area contributed by atoms with Gasteiger partial charge in [-0.15, -0.1) is 11.3 Å². The number of amides is 2. The number of nitrogens with one attached hydrogen (secondary N) is 2.